The lowest BCUT2D eigenvalue weighted by Gasteiger charge is -2.27. The number of amides is 2. The molecule has 28 heavy (non-hydrogen) atoms. The van der Waals surface area contributed by atoms with Gasteiger partial charge in [-0.15, -0.1) is 0 Å². The number of hydrogen-bond acceptors (Lipinski definition) is 3. The molecule has 2 rings (SSSR count). The van der Waals surface area contributed by atoms with Crippen LogP contribution in [-0.4, -0.2) is 36.4 Å². The number of hydrogen-bond donors (Lipinski definition) is 1. The first-order valence-corrected chi connectivity index (χ1v) is 8.92. The third kappa shape index (κ3) is 6.04. The molecule has 0 saturated carbocycles. The molecule has 0 heterocycles. The fourth-order valence-electron chi connectivity index (χ4n) is 2.69. The summed E-state index contributed by atoms with van der Waals surface area (Å²) in [5, 5.41) is 2.80. The summed E-state index contributed by atoms with van der Waals surface area (Å²) in [6.45, 7) is 1.12. The number of halogens is 2. The molecule has 0 radical (unpaired) electrons. The molecule has 0 aromatic heterocycles. The van der Waals surface area contributed by atoms with Gasteiger partial charge in [0.15, 0.2) is 0 Å². The quantitative estimate of drug-likeness (QED) is 0.748. The van der Waals surface area contributed by atoms with E-state index < -0.39 is 12.7 Å². The van der Waals surface area contributed by atoms with E-state index in [2.05, 4.69) is 10.1 Å². The standard InChI is InChI=1S/C21H24F2N2O3/c1-14(2)18(24-19(26)16-7-5-4-6-8-16)20(27)25(3)13-15-9-11-17(12-10-15)28-21(22)23/h4-12,14,18,21H,13H2,1-3H3,(H,24,26)/t18-/m0/s1. The minimum Gasteiger partial charge on any atom is -0.435 e. The molecule has 2 aromatic rings. The maximum absolute atomic E-state index is 12.9. The average molecular weight is 390 g/mol. The van der Waals surface area contributed by atoms with Gasteiger partial charge in [0, 0.05) is 19.2 Å². The van der Waals surface area contributed by atoms with E-state index in [1.54, 1.807) is 43.4 Å². The molecular formula is C21H24F2N2O3. The van der Waals surface area contributed by atoms with Crippen molar-refractivity contribution in [2.75, 3.05) is 7.05 Å². The number of benzene rings is 2. The first-order valence-electron chi connectivity index (χ1n) is 8.92. The van der Waals surface area contributed by atoms with Crippen LogP contribution < -0.4 is 10.1 Å². The molecule has 0 bridgehead atoms. The molecule has 0 aliphatic rings. The van der Waals surface area contributed by atoms with Crippen LogP contribution in [0.1, 0.15) is 29.8 Å². The highest BCUT2D eigenvalue weighted by Gasteiger charge is 2.27. The SMILES string of the molecule is CC(C)[C@H](NC(=O)c1ccccc1)C(=O)N(C)Cc1ccc(OC(F)F)cc1. The molecule has 0 aliphatic carbocycles. The zero-order valence-electron chi connectivity index (χ0n) is 16.1. The minimum absolute atomic E-state index is 0.0583. The fourth-order valence-corrected chi connectivity index (χ4v) is 2.69. The average Bonchev–Trinajstić information content (AvgIpc) is 2.67. The molecule has 7 heteroatoms. The van der Waals surface area contributed by atoms with Crippen molar-refractivity contribution in [3.8, 4) is 5.75 Å². The molecule has 0 unspecified atom stereocenters. The van der Waals surface area contributed by atoms with Crippen LogP contribution in [0.4, 0.5) is 8.78 Å². The third-order valence-electron chi connectivity index (χ3n) is 4.20. The predicted molar refractivity (Wildman–Crippen MR) is 102 cm³/mol. The number of rotatable bonds is 8. The largest absolute Gasteiger partial charge is 0.435 e. The summed E-state index contributed by atoms with van der Waals surface area (Å²) >= 11 is 0. The van der Waals surface area contributed by atoms with Crippen LogP contribution in [0.15, 0.2) is 54.6 Å². The lowest BCUT2D eigenvalue weighted by atomic mass is 10.0. The van der Waals surface area contributed by atoms with Crippen molar-refractivity contribution in [3.63, 3.8) is 0 Å². The van der Waals surface area contributed by atoms with Crippen molar-refractivity contribution in [1.29, 1.82) is 0 Å². The van der Waals surface area contributed by atoms with Crippen molar-refractivity contribution < 1.29 is 23.1 Å². The maximum Gasteiger partial charge on any atom is 0.387 e. The molecule has 1 atom stereocenters. The number of alkyl halides is 2. The first-order chi connectivity index (χ1) is 13.3. The van der Waals surface area contributed by atoms with Crippen molar-refractivity contribution in [1.82, 2.24) is 10.2 Å². The molecule has 5 nitrogen and oxygen atoms in total. The van der Waals surface area contributed by atoms with Gasteiger partial charge in [0.1, 0.15) is 11.8 Å². The molecule has 0 spiro atoms. The number of carbonyl (C=O) groups is 2. The van der Waals surface area contributed by atoms with Crippen LogP contribution in [0.2, 0.25) is 0 Å². The van der Waals surface area contributed by atoms with E-state index in [0.717, 1.165) is 5.56 Å². The van der Waals surface area contributed by atoms with E-state index in [-0.39, 0.29) is 30.0 Å². The summed E-state index contributed by atoms with van der Waals surface area (Å²) in [5.41, 5.74) is 1.24. The Kier molecular flexibility index (Phi) is 7.49. The number of nitrogens with one attached hydrogen (secondary N) is 1. The number of nitrogens with zero attached hydrogens (tertiary/aromatic N) is 1. The Morgan fingerprint density at radius 3 is 2.18 bits per heavy atom. The van der Waals surface area contributed by atoms with Gasteiger partial charge >= 0.3 is 6.61 Å². The van der Waals surface area contributed by atoms with Gasteiger partial charge in [0.2, 0.25) is 5.91 Å². The van der Waals surface area contributed by atoms with Crippen LogP contribution in [-0.2, 0) is 11.3 Å². The Balaban J connectivity index is 2.02. The molecule has 2 aromatic carbocycles. The van der Waals surface area contributed by atoms with Crippen LogP contribution in [0.3, 0.4) is 0 Å². The van der Waals surface area contributed by atoms with Crippen molar-refractivity contribution >= 4 is 11.8 Å². The zero-order valence-corrected chi connectivity index (χ0v) is 16.1. The summed E-state index contributed by atoms with van der Waals surface area (Å²) < 4.78 is 28.8. The summed E-state index contributed by atoms with van der Waals surface area (Å²) in [6, 6.07) is 14.1. The number of ether oxygens (including phenoxy) is 1. The molecule has 0 saturated heterocycles. The second-order valence-corrected chi connectivity index (χ2v) is 6.78. The van der Waals surface area contributed by atoms with Gasteiger partial charge < -0.3 is 15.0 Å². The van der Waals surface area contributed by atoms with Crippen LogP contribution in [0.5, 0.6) is 5.75 Å². The highest BCUT2D eigenvalue weighted by molar-refractivity contribution is 5.97. The van der Waals surface area contributed by atoms with Crippen molar-refractivity contribution in [2.45, 2.75) is 33.0 Å². The van der Waals surface area contributed by atoms with Crippen molar-refractivity contribution in [3.05, 3.63) is 65.7 Å². The van der Waals surface area contributed by atoms with E-state index in [1.165, 1.54) is 17.0 Å². The molecule has 0 aliphatic heterocycles. The van der Waals surface area contributed by atoms with E-state index in [0.29, 0.717) is 5.56 Å². The Morgan fingerprint density at radius 1 is 1.04 bits per heavy atom. The second-order valence-electron chi connectivity index (χ2n) is 6.78. The minimum atomic E-state index is -2.88. The first kappa shape index (κ1) is 21.3. The highest BCUT2D eigenvalue weighted by Crippen LogP contribution is 2.16. The molecular weight excluding hydrogens is 366 g/mol. The number of likely N-dealkylation sites (N-methyl/N-ethyl adjacent to an activating group) is 1. The summed E-state index contributed by atoms with van der Waals surface area (Å²) in [4.78, 5) is 26.8. The Labute approximate surface area is 163 Å². The maximum atomic E-state index is 12.9. The lowest BCUT2D eigenvalue weighted by Crippen LogP contribution is -2.50. The highest BCUT2D eigenvalue weighted by atomic mass is 19.3. The monoisotopic (exact) mass is 390 g/mol. The Morgan fingerprint density at radius 2 is 1.64 bits per heavy atom. The van der Waals surface area contributed by atoms with Crippen molar-refractivity contribution in [2.24, 2.45) is 5.92 Å². The lowest BCUT2D eigenvalue weighted by molar-refractivity contribution is -0.133. The van der Waals surface area contributed by atoms with E-state index >= 15 is 0 Å². The third-order valence-corrected chi connectivity index (χ3v) is 4.20. The normalized spacial score (nSPS) is 12.0. The van der Waals surface area contributed by atoms with Gasteiger partial charge in [-0.3, -0.25) is 9.59 Å². The van der Waals surface area contributed by atoms with Crippen LogP contribution >= 0.6 is 0 Å². The molecule has 150 valence electrons. The van der Waals surface area contributed by atoms with Crippen LogP contribution in [0, 0.1) is 5.92 Å². The van der Waals surface area contributed by atoms with E-state index in [1.807, 2.05) is 19.9 Å². The number of carbonyl (C=O) groups excluding carboxylic acids is 2. The van der Waals surface area contributed by atoms with Gasteiger partial charge in [-0.1, -0.05) is 44.2 Å². The van der Waals surface area contributed by atoms with Gasteiger partial charge in [0.25, 0.3) is 5.91 Å². The second kappa shape index (κ2) is 9.82. The van der Waals surface area contributed by atoms with Gasteiger partial charge in [-0.25, -0.2) is 0 Å². The summed E-state index contributed by atoms with van der Waals surface area (Å²) in [5.74, 6) is -0.589. The topological polar surface area (TPSA) is 58.6 Å². The predicted octanol–water partition coefficient (Wildman–Crippen LogP) is 3.70. The zero-order chi connectivity index (χ0) is 20.7. The summed E-state index contributed by atoms with van der Waals surface area (Å²) in [7, 11) is 1.63. The Hall–Kier alpha value is -2.96. The Bertz CT molecular complexity index is 780. The summed E-state index contributed by atoms with van der Waals surface area (Å²) in [6.07, 6.45) is 0. The van der Waals surface area contributed by atoms with Gasteiger partial charge in [-0.05, 0) is 35.7 Å². The molecule has 1 N–H and O–H groups in total. The van der Waals surface area contributed by atoms with Crippen LogP contribution in [0.25, 0.3) is 0 Å². The van der Waals surface area contributed by atoms with E-state index in [9.17, 15) is 18.4 Å². The van der Waals surface area contributed by atoms with Gasteiger partial charge in [-0.2, -0.15) is 8.78 Å². The molecule has 0 fully saturated rings. The van der Waals surface area contributed by atoms with E-state index in [4.69, 9.17) is 0 Å². The van der Waals surface area contributed by atoms with Gasteiger partial charge in [0.05, 0.1) is 0 Å². The molecule has 2 amide bonds. The smallest absolute Gasteiger partial charge is 0.387 e. The fraction of sp³-hybridized carbons (Fsp3) is 0.333.